The smallest absolute Gasteiger partial charge is 0.387 e. The van der Waals surface area contributed by atoms with E-state index >= 15 is 0 Å². The molecule has 0 saturated carbocycles. The fraction of sp³-hybridized carbons (Fsp3) is 0.682. The third-order valence-electron chi connectivity index (χ3n) is 5.05. The summed E-state index contributed by atoms with van der Waals surface area (Å²) in [6.45, 7) is 8.02. The van der Waals surface area contributed by atoms with Crippen LogP contribution in [0, 0.1) is 5.92 Å². The molecule has 0 spiro atoms. The minimum atomic E-state index is -2.93. The van der Waals surface area contributed by atoms with Crippen molar-refractivity contribution in [3.63, 3.8) is 0 Å². The molecule has 0 radical (unpaired) electrons. The van der Waals surface area contributed by atoms with Crippen LogP contribution in [0.5, 0.6) is 11.5 Å². The molecule has 1 atom stereocenters. The molecule has 1 heterocycles. The molecule has 0 aromatic heterocycles. The van der Waals surface area contributed by atoms with Gasteiger partial charge < -0.3 is 24.8 Å². The van der Waals surface area contributed by atoms with Gasteiger partial charge in [0.25, 0.3) is 0 Å². The zero-order valence-electron chi connectivity index (χ0n) is 19.0. The Balaban J connectivity index is 2.00. The van der Waals surface area contributed by atoms with E-state index in [1.54, 1.807) is 32.2 Å². The average molecular weight is 443 g/mol. The second kappa shape index (κ2) is 13.3. The summed E-state index contributed by atoms with van der Waals surface area (Å²) in [7, 11) is 1.69. The summed E-state index contributed by atoms with van der Waals surface area (Å²) in [5.74, 6) is 1.52. The van der Waals surface area contributed by atoms with Crippen LogP contribution in [-0.2, 0) is 11.3 Å². The number of hydrogen-bond acceptors (Lipinski definition) is 5. The zero-order valence-corrected chi connectivity index (χ0v) is 19.0. The van der Waals surface area contributed by atoms with Crippen LogP contribution in [0.2, 0.25) is 0 Å². The second-order valence-electron chi connectivity index (χ2n) is 7.79. The molecule has 1 unspecified atom stereocenters. The molecular weight excluding hydrogens is 406 g/mol. The summed E-state index contributed by atoms with van der Waals surface area (Å²) >= 11 is 0. The molecule has 1 fully saturated rings. The number of halogens is 2. The summed E-state index contributed by atoms with van der Waals surface area (Å²) in [6, 6.07) is 5.47. The molecule has 0 bridgehead atoms. The van der Waals surface area contributed by atoms with E-state index in [1.807, 2.05) is 0 Å². The molecule has 9 heteroatoms. The minimum absolute atomic E-state index is 0.0494. The van der Waals surface area contributed by atoms with Crippen molar-refractivity contribution in [2.75, 3.05) is 46.5 Å². The van der Waals surface area contributed by atoms with Crippen molar-refractivity contribution in [3.05, 3.63) is 23.8 Å². The third kappa shape index (κ3) is 8.49. The Labute approximate surface area is 184 Å². The van der Waals surface area contributed by atoms with Crippen LogP contribution < -0.4 is 20.1 Å². The molecule has 176 valence electrons. The van der Waals surface area contributed by atoms with Gasteiger partial charge in [0.05, 0.1) is 19.8 Å². The Morgan fingerprint density at radius 3 is 2.58 bits per heavy atom. The van der Waals surface area contributed by atoms with Crippen molar-refractivity contribution >= 4 is 5.96 Å². The lowest BCUT2D eigenvalue weighted by Gasteiger charge is -2.35. The van der Waals surface area contributed by atoms with E-state index in [9.17, 15) is 8.78 Å². The van der Waals surface area contributed by atoms with Crippen LogP contribution >= 0.6 is 0 Å². The molecule has 1 aliphatic heterocycles. The first-order valence-corrected chi connectivity index (χ1v) is 10.9. The number of nitrogens with zero attached hydrogens (tertiary/aromatic N) is 2. The van der Waals surface area contributed by atoms with E-state index in [0.29, 0.717) is 35.8 Å². The fourth-order valence-corrected chi connectivity index (χ4v) is 3.65. The Morgan fingerprint density at radius 1 is 1.23 bits per heavy atom. The predicted octanol–water partition coefficient (Wildman–Crippen LogP) is 3.10. The van der Waals surface area contributed by atoms with Crippen LogP contribution in [0.15, 0.2) is 23.2 Å². The van der Waals surface area contributed by atoms with Crippen molar-refractivity contribution in [2.45, 2.75) is 46.4 Å². The van der Waals surface area contributed by atoms with Gasteiger partial charge in [0, 0.05) is 44.8 Å². The number of hydrogen-bond donors (Lipinski definition) is 2. The van der Waals surface area contributed by atoms with Crippen LogP contribution in [0.1, 0.15) is 32.8 Å². The minimum Gasteiger partial charge on any atom is -0.490 e. The number of para-hydroxylation sites is 1. The Morgan fingerprint density at radius 2 is 1.97 bits per heavy atom. The average Bonchev–Trinajstić information content (AvgIpc) is 2.75. The van der Waals surface area contributed by atoms with E-state index < -0.39 is 6.61 Å². The molecule has 31 heavy (non-hydrogen) atoms. The number of alkyl halides is 2. The lowest BCUT2D eigenvalue weighted by atomic mass is 10.0. The fourth-order valence-electron chi connectivity index (χ4n) is 3.65. The van der Waals surface area contributed by atoms with Gasteiger partial charge in [-0.05, 0) is 25.3 Å². The van der Waals surface area contributed by atoms with Gasteiger partial charge in [-0.3, -0.25) is 9.89 Å². The number of morpholine rings is 1. The molecule has 0 aliphatic carbocycles. The molecule has 0 amide bonds. The predicted molar refractivity (Wildman–Crippen MR) is 118 cm³/mol. The van der Waals surface area contributed by atoms with Gasteiger partial charge in [0.1, 0.15) is 0 Å². The Kier molecular flexibility index (Phi) is 10.8. The summed E-state index contributed by atoms with van der Waals surface area (Å²) in [6.07, 6.45) is 1.06. The maximum atomic E-state index is 12.9. The molecule has 7 nitrogen and oxygen atoms in total. The number of rotatable bonds is 11. The van der Waals surface area contributed by atoms with E-state index in [1.165, 1.54) is 0 Å². The lowest BCUT2D eigenvalue weighted by Crippen LogP contribution is -2.51. The molecule has 1 aromatic rings. The van der Waals surface area contributed by atoms with E-state index in [2.05, 4.69) is 34.4 Å². The number of aliphatic imine (C=N–C) groups is 1. The number of nitrogens with one attached hydrogen (secondary N) is 2. The van der Waals surface area contributed by atoms with Gasteiger partial charge in [-0.1, -0.05) is 26.0 Å². The zero-order chi connectivity index (χ0) is 22.6. The SMILES string of the molecule is CCOc1cccc(CNC(=NC)NCC(CC(C)C)N2CCOCC2)c1OC(F)F. The first-order chi connectivity index (χ1) is 14.9. The van der Waals surface area contributed by atoms with Crippen molar-refractivity contribution in [3.8, 4) is 11.5 Å². The quantitative estimate of drug-likeness (QED) is 0.406. The molecule has 1 aromatic carbocycles. The van der Waals surface area contributed by atoms with Crippen LogP contribution in [0.25, 0.3) is 0 Å². The van der Waals surface area contributed by atoms with Crippen LogP contribution in [0.4, 0.5) is 8.78 Å². The summed E-state index contributed by atoms with van der Waals surface area (Å²) in [4.78, 5) is 6.73. The van der Waals surface area contributed by atoms with Crippen molar-refractivity contribution in [1.82, 2.24) is 15.5 Å². The van der Waals surface area contributed by atoms with Gasteiger partial charge in [-0.15, -0.1) is 0 Å². The van der Waals surface area contributed by atoms with Gasteiger partial charge in [-0.2, -0.15) is 8.78 Å². The maximum Gasteiger partial charge on any atom is 0.387 e. The molecule has 1 aliphatic rings. The molecule has 2 N–H and O–H groups in total. The largest absolute Gasteiger partial charge is 0.490 e. The Hall–Kier alpha value is -2.13. The van der Waals surface area contributed by atoms with E-state index in [-0.39, 0.29) is 12.3 Å². The number of guanidine groups is 1. The van der Waals surface area contributed by atoms with Crippen molar-refractivity contribution in [1.29, 1.82) is 0 Å². The van der Waals surface area contributed by atoms with Crippen molar-refractivity contribution < 1.29 is 23.0 Å². The monoisotopic (exact) mass is 442 g/mol. The highest BCUT2D eigenvalue weighted by molar-refractivity contribution is 5.79. The first-order valence-electron chi connectivity index (χ1n) is 10.9. The topological polar surface area (TPSA) is 67.4 Å². The van der Waals surface area contributed by atoms with E-state index in [4.69, 9.17) is 14.2 Å². The van der Waals surface area contributed by atoms with Gasteiger partial charge in [0.15, 0.2) is 17.5 Å². The summed E-state index contributed by atoms with van der Waals surface area (Å²) in [5.41, 5.74) is 0.570. The molecule has 1 saturated heterocycles. The first kappa shape index (κ1) is 25.1. The third-order valence-corrected chi connectivity index (χ3v) is 5.05. The standard InChI is InChI=1S/C22H36F2N4O3/c1-5-30-19-8-6-7-17(20(19)31-21(23)24)14-26-22(25-4)27-15-18(13-16(2)3)28-9-11-29-12-10-28/h6-8,16,18,21H,5,9-15H2,1-4H3,(H2,25,26,27). The van der Waals surface area contributed by atoms with Crippen LogP contribution in [0.3, 0.4) is 0 Å². The van der Waals surface area contributed by atoms with Crippen molar-refractivity contribution in [2.24, 2.45) is 10.9 Å². The highest BCUT2D eigenvalue weighted by atomic mass is 19.3. The highest BCUT2D eigenvalue weighted by Gasteiger charge is 2.22. The van der Waals surface area contributed by atoms with Gasteiger partial charge >= 0.3 is 6.61 Å². The summed E-state index contributed by atoms with van der Waals surface area (Å²) < 4.78 is 41.5. The maximum absolute atomic E-state index is 12.9. The number of benzene rings is 1. The van der Waals surface area contributed by atoms with Crippen LogP contribution in [-0.4, -0.2) is 70.0 Å². The number of ether oxygens (including phenoxy) is 3. The highest BCUT2D eigenvalue weighted by Crippen LogP contribution is 2.32. The van der Waals surface area contributed by atoms with E-state index in [0.717, 1.165) is 39.3 Å². The van der Waals surface area contributed by atoms with Gasteiger partial charge in [0.2, 0.25) is 0 Å². The molecule has 2 rings (SSSR count). The second-order valence-corrected chi connectivity index (χ2v) is 7.79. The summed E-state index contributed by atoms with van der Waals surface area (Å²) in [5, 5.41) is 6.57. The molecular formula is C22H36F2N4O3. The van der Waals surface area contributed by atoms with Gasteiger partial charge in [-0.25, -0.2) is 0 Å². The normalized spacial score (nSPS) is 16.5. The Bertz CT molecular complexity index is 683. The lowest BCUT2D eigenvalue weighted by molar-refractivity contribution is -0.0520.